The van der Waals surface area contributed by atoms with Crippen molar-refractivity contribution in [2.45, 2.75) is 38.6 Å². The van der Waals surface area contributed by atoms with Crippen LogP contribution in [0.1, 0.15) is 43.5 Å². The zero-order valence-electron chi connectivity index (χ0n) is 10.7. The highest BCUT2D eigenvalue weighted by atomic mass is 35.5. The quantitative estimate of drug-likeness (QED) is 0.807. The summed E-state index contributed by atoms with van der Waals surface area (Å²) in [6, 6.07) is 3.34. The number of nitrogens with one attached hydrogen (secondary N) is 2. The fourth-order valence-corrected chi connectivity index (χ4v) is 1.84. The molecule has 0 atom stereocenters. The van der Waals surface area contributed by atoms with Gasteiger partial charge in [-0.1, -0.05) is 18.5 Å². The number of amides is 1. The van der Waals surface area contributed by atoms with E-state index in [1.54, 1.807) is 12.1 Å². The third-order valence-corrected chi connectivity index (χ3v) is 3.22. The second-order valence-corrected chi connectivity index (χ2v) is 5.39. The summed E-state index contributed by atoms with van der Waals surface area (Å²) in [5.41, 5.74) is 0.533. The number of hydrogen-bond acceptors (Lipinski definition) is 3. The lowest BCUT2D eigenvalue weighted by atomic mass is 10.2. The molecule has 0 unspecified atom stereocenters. The van der Waals surface area contributed by atoms with Crippen LogP contribution in [0.3, 0.4) is 0 Å². The Hall–Kier alpha value is -1.29. The lowest BCUT2D eigenvalue weighted by molar-refractivity contribution is 0.0935. The van der Waals surface area contributed by atoms with E-state index in [0.717, 1.165) is 25.8 Å². The minimum atomic E-state index is -0.0844. The van der Waals surface area contributed by atoms with Crippen LogP contribution in [-0.2, 0) is 0 Å². The average Bonchev–Trinajstić information content (AvgIpc) is 3.03. The number of carbonyl (C=O) groups excluding carboxylic acids is 1. The molecular formula is C13H18ClN3O. The van der Waals surface area contributed by atoms with E-state index in [1.807, 2.05) is 6.92 Å². The van der Waals surface area contributed by atoms with Crippen LogP contribution in [0.15, 0.2) is 12.1 Å². The van der Waals surface area contributed by atoms with Crippen molar-refractivity contribution < 1.29 is 4.79 Å². The number of nitrogens with zero attached hydrogens (tertiary/aromatic N) is 1. The number of pyridine rings is 1. The summed E-state index contributed by atoms with van der Waals surface area (Å²) in [6.07, 6.45) is 3.07. The molecule has 0 radical (unpaired) electrons. The number of rotatable bonds is 5. The molecule has 1 aromatic rings. The normalized spacial score (nSPS) is 16.2. The summed E-state index contributed by atoms with van der Waals surface area (Å²) < 4.78 is 0. The van der Waals surface area contributed by atoms with E-state index < -0.39 is 0 Å². The SMILES string of the molecule is CCCNc1cc(C(=O)NC2(C)CC2)cc(Cl)n1. The maximum atomic E-state index is 12.1. The lowest BCUT2D eigenvalue weighted by Crippen LogP contribution is -2.34. The van der Waals surface area contributed by atoms with Crippen LogP contribution >= 0.6 is 11.6 Å². The molecule has 1 fully saturated rings. The molecule has 1 aliphatic carbocycles. The van der Waals surface area contributed by atoms with Crippen molar-refractivity contribution in [3.63, 3.8) is 0 Å². The highest BCUT2D eigenvalue weighted by molar-refractivity contribution is 6.29. The summed E-state index contributed by atoms with van der Waals surface area (Å²) in [4.78, 5) is 16.2. The molecule has 1 aliphatic rings. The summed E-state index contributed by atoms with van der Waals surface area (Å²) >= 11 is 5.93. The zero-order chi connectivity index (χ0) is 13.2. The maximum absolute atomic E-state index is 12.1. The Morgan fingerprint density at radius 2 is 2.22 bits per heavy atom. The third kappa shape index (κ3) is 3.35. The van der Waals surface area contributed by atoms with E-state index in [0.29, 0.717) is 16.5 Å². The van der Waals surface area contributed by atoms with E-state index in [1.165, 1.54) is 0 Å². The average molecular weight is 268 g/mol. The molecule has 2 N–H and O–H groups in total. The predicted octanol–water partition coefficient (Wildman–Crippen LogP) is 2.84. The minimum absolute atomic E-state index is 0.0240. The number of anilines is 1. The van der Waals surface area contributed by atoms with Gasteiger partial charge >= 0.3 is 0 Å². The molecule has 18 heavy (non-hydrogen) atoms. The fourth-order valence-electron chi connectivity index (χ4n) is 1.63. The Morgan fingerprint density at radius 1 is 1.50 bits per heavy atom. The van der Waals surface area contributed by atoms with Crippen LogP contribution in [0.2, 0.25) is 5.15 Å². The largest absolute Gasteiger partial charge is 0.370 e. The molecule has 0 aromatic carbocycles. The number of hydrogen-bond donors (Lipinski definition) is 2. The molecule has 4 nitrogen and oxygen atoms in total. The first-order chi connectivity index (χ1) is 8.52. The van der Waals surface area contributed by atoms with Gasteiger partial charge in [-0.05, 0) is 38.3 Å². The Balaban J connectivity index is 2.11. The van der Waals surface area contributed by atoms with Gasteiger partial charge in [-0.3, -0.25) is 4.79 Å². The van der Waals surface area contributed by atoms with Crippen molar-refractivity contribution in [2.24, 2.45) is 0 Å². The van der Waals surface area contributed by atoms with Crippen molar-refractivity contribution in [1.82, 2.24) is 10.3 Å². The van der Waals surface area contributed by atoms with Gasteiger partial charge in [-0.25, -0.2) is 4.98 Å². The van der Waals surface area contributed by atoms with Crippen LogP contribution in [0.5, 0.6) is 0 Å². The lowest BCUT2D eigenvalue weighted by Gasteiger charge is -2.12. The van der Waals surface area contributed by atoms with Crippen LogP contribution in [0, 0.1) is 0 Å². The van der Waals surface area contributed by atoms with Gasteiger partial charge in [-0.15, -0.1) is 0 Å². The van der Waals surface area contributed by atoms with Crippen LogP contribution in [-0.4, -0.2) is 23.0 Å². The smallest absolute Gasteiger partial charge is 0.251 e. The topological polar surface area (TPSA) is 54.0 Å². The highest BCUT2D eigenvalue weighted by Gasteiger charge is 2.38. The van der Waals surface area contributed by atoms with Gasteiger partial charge in [-0.2, -0.15) is 0 Å². The second-order valence-electron chi connectivity index (χ2n) is 5.01. The Morgan fingerprint density at radius 3 is 2.83 bits per heavy atom. The first kappa shape index (κ1) is 13.1. The zero-order valence-corrected chi connectivity index (χ0v) is 11.5. The number of halogens is 1. The molecule has 1 saturated carbocycles. The summed E-state index contributed by atoms with van der Waals surface area (Å²) in [7, 11) is 0. The molecule has 1 heterocycles. The van der Waals surface area contributed by atoms with Crippen LogP contribution < -0.4 is 10.6 Å². The van der Waals surface area contributed by atoms with Gasteiger partial charge in [0.1, 0.15) is 11.0 Å². The number of carbonyl (C=O) groups is 1. The molecule has 0 spiro atoms. The molecule has 2 rings (SSSR count). The first-order valence-corrected chi connectivity index (χ1v) is 6.64. The van der Waals surface area contributed by atoms with E-state index in [4.69, 9.17) is 11.6 Å². The fraction of sp³-hybridized carbons (Fsp3) is 0.538. The molecule has 1 aromatic heterocycles. The Labute approximate surface area is 112 Å². The van der Waals surface area contributed by atoms with Gasteiger partial charge in [0.2, 0.25) is 0 Å². The van der Waals surface area contributed by atoms with E-state index in [2.05, 4.69) is 22.5 Å². The summed E-state index contributed by atoms with van der Waals surface area (Å²) in [6.45, 7) is 4.93. The first-order valence-electron chi connectivity index (χ1n) is 6.26. The minimum Gasteiger partial charge on any atom is -0.370 e. The monoisotopic (exact) mass is 267 g/mol. The predicted molar refractivity (Wildman–Crippen MR) is 73.1 cm³/mol. The van der Waals surface area contributed by atoms with Gasteiger partial charge in [0.05, 0.1) is 0 Å². The van der Waals surface area contributed by atoms with Gasteiger partial charge in [0.25, 0.3) is 5.91 Å². The molecule has 0 aliphatic heterocycles. The molecule has 0 bridgehead atoms. The van der Waals surface area contributed by atoms with E-state index >= 15 is 0 Å². The van der Waals surface area contributed by atoms with Crippen LogP contribution in [0.25, 0.3) is 0 Å². The molecule has 98 valence electrons. The molecule has 5 heteroatoms. The number of aromatic nitrogens is 1. The van der Waals surface area contributed by atoms with Gasteiger partial charge in [0, 0.05) is 17.6 Å². The second kappa shape index (κ2) is 5.14. The van der Waals surface area contributed by atoms with Gasteiger partial charge in [0.15, 0.2) is 0 Å². The highest BCUT2D eigenvalue weighted by Crippen LogP contribution is 2.34. The van der Waals surface area contributed by atoms with Crippen molar-refractivity contribution >= 4 is 23.3 Å². The van der Waals surface area contributed by atoms with E-state index in [-0.39, 0.29) is 11.4 Å². The summed E-state index contributed by atoms with van der Waals surface area (Å²) in [5.74, 6) is 0.564. The standard InChI is InChI=1S/C13H18ClN3O/c1-3-6-15-11-8-9(7-10(14)16-11)12(18)17-13(2)4-5-13/h7-8H,3-6H2,1-2H3,(H,15,16)(H,17,18). The van der Waals surface area contributed by atoms with Crippen molar-refractivity contribution in [1.29, 1.82) is 0 Å². The Kier molecular flexibility index (Phi) is 3.76. The van der Waals surface area contributed by atoms with E-state index in [9.17, 15) is 4.79 Å². The van der Waals surface area contributed by atoms with Crippen LogP contribution in [0.4, 0.5) is 5.82 Å². The van der Waals surface area contributed by atoms with Crippen molar-refractivity contribution in [3.05, 3.63) is 22.8 Å². The molecular weight excluding hydrogens is 250 g/mol. The molecule has 1 amide bonds. The van der Waals surface area contributed by atoms with Crippen molar-refractivity contribution in [2.75, 3.05) is 11.9 Å². The molecule has 0 saturated heterocycles. The third-order valence-electron chi connectivity index (χ3n) is 3.03. The van der Waals surface area contributed by atoms with Crippen molar-refractivity contribution in [3.8, 4) is 0 Å². The maximum Gasteiger partial charge on any atom is 0.251 e. The van der Waals surface area contributed by atoms with Gasteiger partial charge < -0.3 is 10.6 Å². The Bertz CT molecular complexity index is 458. The summed E-state index contributed by atoms with van der Waals surface area (Å²) in [5, 5.41) is 6.47.